The fourth-order valence-electron chi connectivity index (χ4n) is 0.663. The van der Waals surface area contributed by atoms with E-state index in [2.05, 4.69) is 5.16 Å². The van der Waals surface area contributed by atoms with Gasteiger partial charge in [0.2, 0.25) is 0 Å². The topological polar surface area (TPSA) is 41.8 Å². The van der Waals surface area contributed by atoms with Crippen molar-refractivity contribution in [2.75, 3.05) is 12.5 Å². The van der Waals surface area contributed by atoms with E-state index in [9.17, 15) is 0 Å². The van der Waals surface area contributed by atoms with Crippen LogP contribution < -0.4 is 0 Å². The van der Waals surface area contributed by atoms with Crippen molar-refractivity contribution in [3.8, 4) is 0 Å². The third kappa shape index (κ3) is 1.56. The minimum Gasteiger partial charge on any atom is -0.391 e. The van der Waals surface area contributed by atoms with Gasteiger partial charge in [0.25, 0.3) is 0 Å². The zero-order valence-electron chi connectivity index (χ0n) is 4.88. The van der Waals surface area contributed by atoms with E-state index >= 15 is 0 Å². The summed E-state index contributed by atoms with van der Waals surface area (Å²) < 4.78 is 0. The molecular weight excluding hydrogens is 142 g/mol. The summed E-state index contributed by atoms with van der Waals surface area (Å²) in [7, 11) is 0. The lowest BCUT2D eigenvalue weighted by Gasteiger charge is -1.99. The molecule has 1 aliphatic rings. The Bertz CT molecular complexity index is 126. The van der Waals surface area contributed by atoms with Gasteiger partial charge in [-0.15, -0.1) is 11.6 Å². The van der Waals surface area contributed by atoms with Crippen LogP contribution in [0, 0.1) is 0 Å². The van der Waals surface area contributed by atoms with Crippen LogP contribution in [0.3, 0.4) is 0 Å². The molecule has 0 aliphatic carbocycles. The van der Waals surface area contributed by atoms with Crippen molar-refractivity contribution in [1.29, 1.82) is 0 Å². The molecule has 1 unspecified atom stereocenters. The van der Waals surface area contributed by atoms with Gasteiger partial charge < -0.3 is 9.94 Å². The SMILES string of the molecule is OCC1=NOC(CCl)C1. The molecule has 0 bridgehead atoms. The van der Waals surface area contributed by atoms with E-state index in [0.717, 1.165) is 0 Å². The Labute approximate surface area is 58.3 Å². The maximum Gasteiger partial charge on any atom is 0.146 e. The first-order chi connectivity index (χ1) is 4.36. The summed E-state index contributed by atoms with van der Waals surface area (Å²) in [5, 5.41) is 12.1. The number of hydrogen-bond donors (Lipinski definition) is 1. The van der Waals surface area contributed by atoms with E-state index in [1.165, 1.54) is 0 Å². The van der Waals surface area contributed by atoms with Crippen LogP contribution in [0.4, 0.5) is 0 Å². The molecule has 0 spiro atoms. The van der Waals surface area contributed by atoms with E-state index in [1.54, 1.807) is 0 Å². The number of alkyl halides is 1. The summed E-state index contributed by atoms with van der Waals surface area (Å²) >= 11 is 5.45. The summed E-state index contributed by atoms with van der Waals surface area (Å²) in [5.74, 6) is 0.438. The predicted molar refractivity (Wildman–Crippen MR) is 34.7 cm³/mol. The quantitative estimate of drug-likeness (QED) is 0.577. The molecular formula is C5H8ClNO2. The Morgan fingerprint density at radius 2 is 2.67 bits per heavy atom. The number of aliphatic hydroxyl groups is 1. The van der Waals surface area contributed by atoms with Crippen LogP contribution in [-0.4, -0.2) is 29.4 Å². The highest BCUT2D eigenvalue weighted by molar-refractivity contribution is 6.18. The highest BCUT2D eigenvalue weighted by Gasteiger charge is 2.18. The summed E-state index contributed by atoms with van der Waals surface area (Å²) in [6.45, 7) is -0.0204. The Balaban J connectivity index is 2.31. The second-order valence-corrected chi connectivity index (χ2v) is 2.21. The first-order valence-electron chi connectivity index (χ1n) is 2.75. The van der Waals surface area contributed by atoms with Gasteiger partial charge in [-0.25, -0.2) is 0 Å². The molecule has 1 N–H and O–H groups in total. The van der Waals surface area contributed by atoms with Crippen LogP contribution in [0.2, 0.25) is 0 Å². The molecule has 0 aromatic rings. The van der Waals surface area contributed by atoms with Gasteiger partial charge in [0.1, 0.15) is 6.10 Å². The van der Waals surface area contributed by atoms with Gasteiger partial charge in [0.05, 0.1) is 18.2 Å². The van der Waals surface area contributed by atoms with E-state index in [1.807, 2.05) is 0 Å². The van der Waals surface area contributed by atoms with Crippen LogP contribution >= 0.6 is 11.6 Å². The third-order valence-electron chi connectivity index (χ3n) is 1.15. The first kappa shape index (κ1) is 6.83. The highest BCUT2D eigenvalue weighted by Crippen LogP contribution is 2.10. The molecule has 0 aromatic heterocycles. The molecule has 3 nitrogen and oxygen atoms in total. The molecule has 9 heavy (non-hydrogen) atoms. The minimum atomic E-state index is -0.0204. The van der Waals surface area contributed by atoms with Gasteiger partial charge in [0, 0.05) is 6.42 Å². The second kappa shape index (κ2) is 3.03. The third-order valence-corrected chi connectivity index (χ3v) is 1.49. The molecule has 0 amide bonds. The maximum absolute atomic E-state index is 8.53. The molecule has 0 fully saturated rings. The van der Waals surface area contributed by atoms with Crippen LogP contribution in [0.15, 0.2) is 5.16 Å². The molecule has 4 heteroatoms. The Kier molecular flexibility index (Phi) is 2.30. The molecule has 1 aliphatic heterocycles. The number of nitrogens with zero attached hydrogens (tertiary/aromatic N) is 1. The molecule has 0 saturated heterocycles. The maximum atomic E-state index is 8.53. The average Bonchev–Trinajstić information content (AvgIpc) is 2.34. The summed E-state index contributed by atoms with van der Waals surface area (Å²) in [5.41, 5.74) is 0.681. The number of halogens is 1. The predicted octanol–water partition coefficient (Wildman–Crippen LogP) is 0.362. The zero-order valence-corrected chi connectivity index (χ0v) is 5.64. The van der Waals surface area contributed by atoms with Crippen molar-refractivity contribution in [2.24, 2.45) is 5.16 Å². The smallest absolute Gasteiger partial charge is 0.146 e. The van der Waals surface area contributed by atoms with E-state index in [-0.39, 0.29) is 12.7 Å². The molecule has 0 aromatic carbocycles. The molecule has 1 heterocycles. The lowest BCUT2D eigenvalue weighted by Crippen LogP contribution is -2.10. The summed E-state index contributed by atoms with van der Waals surface area (Å²) in [6, 6.07) is 0. The van der Waals surface area contributed by atoms with Gasteiger partial charge >= 0.3 is 0 Å². The number of aliphatic hydroxyl groups excluding tert-OH is 1. The van der Waals surface area contributed by atoms with Gasteiger partial charge in [-0.1, -0.05) is 5.16 Å². The standard InChI is InChI=1S/C5H8ClNO2/c6-2-5-1-4(3-8)7-9-5/h5,8H,1-3H2. The van der Waals surface area contributed by atoms with Crippen molar-refractivity contribution < 1.29 is 9.94 Å². The first-order valence-corrected chi connectivity index (χ1v) is 3.28. The fourth-order valence-corrected chi connectivity index (χ4v) is 0.828. The fraction of sp³-hybridized carbons (Fsp3) is 0.800. The van der Waals surface area contributed by atoms with Gasteiger partial charge in [0.15, 0.2) is 0 Å². The van der Waals surface area contributed by atoms with E-state index < -0.39 is 0 Å². The molecule has 0 radical (unpaired) electrons. The Hall–Kier alpha value is -0.280. The van der Waals surface area contributed by atoms with Crippen molar-refractivity contribution in [3.63, 3.8) is 0 Å². The molecule has 1 rings (SSSR count). The molecule has 1 atom stereocenters. The van der Waals surface area contributed by atoms with Crippen molar-refractivity contribution >= 4 is 17.3 Å². The van der Waals surface area contributed by atoms with E-state index in [0.29, 0.717) is 18.0 Å². The van der Waals surface area contributed by atoms with Gasteiger partial charge in [-0.05, 0) is 0 Å². The number of oxime groups is 1. The van der Waals surface area contributed by atoms with Gasteiger partial charge in [-0.2, -0.15) is 0 Å². The normalized spacial score (nSPS) is 25.6. The van der Waals surface area contributed by atoms with Crippen LogP contribution in [-0.2, 0) is 4.84 Å². The largest absolute Gasteiger partial charge is 0.391 e. The average molecular weight is 150 g/mol. The highest BCUT2D eigenvalue weighted by atomic mass is 35.5. The Morgan fingerprint density at radius 3 is 3.00 bits per heavy atom. The van der Waals surface area contributed by atoms with E-state index in [4.69, 9.17) is 21.5 Å². The monoisotopic (exact) mass is 149 g/mol. The van der Waals surface area contributed by atoms with Crippen LogP contribution in [0.5, 0.6) is 0 Å². The van der Waals surface area contributed by atoms with Crippen molar-refractivity contribution in [1.82, 2.24) is 0 Å². The zero-order chi connectivity index (χ0) is 6.69. The summed E-state index contributed by atoms with van der Waals surface area (Å²) in [6.07, 6.45) is 0.647. The lowest BCUT2D eigenvalue weighted by atomic mass is 10.2. The molecule has 52 valence electrons. The summed E-state index contributed by atoms with van der Waals surface area (Å²) in [4.78, 5) is 4.80. The number of rotatable bonds is 2. The molecule has 0 saturated carbocycles. The second-order valence-electron chi connectivity index (χ2n) is 1.90. The van der Waals surface area contributed by atoms with Crippen LogP contribution in [0.1, 0.15) is 6.42 Å². The number of hydrogen-bond acceptors (Lipinski definition) is 3. The van der Waals surface area contributed by atoms with Crippen molar-refractivity contribution in [3.05, 3.63) is 0 Å². The lowest BCUT2D eigenvalue weighted by molar-refractivity contribution is 0.102. The Morgan fingerprint density at radius 1 is 1.89 bits per heavy atom. The minimum absolute atomic E-state index is 0.0196. The van der Waals surface area contributed by atoms with Crippen molar-refractivity contribution in [2.45, 2.75) is 12.5 Å². The van der Waals surface area contributed by atoms with Crippen LogP contribution in [0.25, 0.3) is 0 Å². The van der Waals surface area contributed by atoms with Gasteiger partial charge in [-0.3, -0.25) is 0 Å².